The number of methoxy groups -OCH3 is 2. The third-order valence-electron chi connectivity index (χ3n) is 6.79. The molecule has 1 atom stereocenters. The Morgan fingerprint density at radius 3 is 2.55 bits per heavy atom. The maximum atomic E-state index is 14.6. The highest BCUT2D eigenvalue weighted by atomic mass is 35.5. The molecule has 0 aliphatic heterocycles. The van der Waals surface area contributed by atoms with Gasteiger partial charge in [-0.1, -0.05) is 43.1 Å². The Kier molecular flexibility index (Phi) is 7.53. The number of ether oxygens (including phenoxy) is 2. The lowest BCUT2D eigenvalue weighted by Crippen LogP contribution is -2.19. The summed E-state index contributed by atoms with van der Waals surface area (Å²) in [6.07, 6.45) is 3.28. The zero-order valence-electron chi connectivity index (χ0n) is 22.1. The Morgan fingerprint density at radius 2 is 1.85 bits per heavy atom. The van der Waals surface area contributed by atoms with Gasteiger partial charge in [0.15, 0.2) is 0 Å². The third-order valence-corrected chi connectivity index (χ3v) is 7.26. The summed E-state index contributed by atoms with van der Waals surface area (Å²) < 4.78 is 27.0. The van der Waals surface area contributed by atoms with E-state index in [1.54, 1.807) is 22.9 Å². The SMILES string of the molecule is COc1ncc(-n2cc(C(=O)Nc3cc(Cl)ccc3F)c(C3C(=O)Cc4cc(Cl)ccc43)c2C(C)C)c(OC)n1. The first-order valence-electron chi connectivity index (χ1n) is 12.4. The largest absolute Gasteiger partial charge is 0.479 e. The lowest BCUT2D eigenvalue weighted by atomic mass is 9.86. The van der Waals surface area contributed by atoms with Crippen LogP contribution in [0.1, 0.15) is 58.4 Å². The molecule has 206 valence electrons. The van der Waals surface area contributed by atoms with Gasteiger partial charge < -0.3 is 19.4 Å². The summed E-state index contributed by atoms with van der Waals surface area (Å²) in [4.78, 5) is 36.0. The molecule has 2 heterocycles. The number of carbonyl (C=O) groups excluding carboxylic acids is 2. The van der Waals surface area contributed by atoms with Gasteiger partial charge in [0, 0.05) is 33.9 Å². The fourth-order valence-electron chi connectivity index (χ4n) is 5.14. The molecule has 0 saturated heterocycles. The molecule has 5 rings (SSSR count). The van der Waals surface area contributed by atoms with Crippen molar-refractivity contribution in [1.29, 1.82) is 0 Å². The number of halogens is 3. The van der Waals surface area contributed by atoms with Crippen LogP contribution in [0.4, 0.5) is 10.1 Å². The van der Waals surface area contributed by atoms with Crippen LogP contribution >= 0.6 is 23.2 Å². The number of fused-ring (bicyclic) bond motifs is 1. The number of carbonyl (C=O) groups is 2. The van der Waals surface area contributed by atoms with E-state index in [1.807, 2.05) is 19.9 Å². The molecule has 1 unspecified atom stereocenters. The highest BCUT2D eigenvalue weighted by molar-refractivity contribution is 6.31. The highest BCUT2D eigenvalue weighted by Crippen LogP contribution is 2.44. The van der Waals surface area contributed by atoms with Crippen molar-refractivity contribution in [2.24, 2.45) is 0 Å². The predicted octanol–water partition coefficient (Wildman–Crippen LogP) is 6.36. The summed E-state index contributed by atoms with van der Waals surface area (Å²) in [6.45, 7) is 3.90. The highest BCUT2D eigenvalue weighted by Gasteiger charge is 2.39. The maximum absolute atomic E-state index is 14.6. The van der Waals surface area contributed by atoms with E-state index < -0.39 is 17.6 Å². The van der Waals surface area contributed by atoms with Gasteiger partial charge in [-0.3, -0.25) is 9.59 Å². The van der Waals surface area contributed by atoms with E-state index in [4.69, 9.17) is 32.7 Å². The smallest absolute Gasteiger partial charge is 0.319 e. The molecule has 0 bridgehead atoms. The molecule has 0 radical (unpaired) electrons. The summed E-state index contributed by atoms with van der Waals surface area (Å²) in [7, 11) is 2.90. The molecule has 1 amide bonds. The van der Waals surface area contributed by atoms with Gasteiger partial charge in [-0.05, 0) is 47.4 Å². The predicted molar refractivity (Wildman–Crippen MR) is 150 cm³/mol. The fourth-order valence-corrected chi connectivity index (χ4v) is 5.51. The Labute approximate surface area is 240 Å². The van der Waals surface area contributed by atoms with Crippen molar-refractivity contribution in [1.82, 2.24) is 14.5 Å². The molecule has 11 heteroatoms. The molecule has 2 aromatic carbocycles. The number of nitrogens with zero attached hydrogens (tertiary/aromatic N) is 3. The van der Waals surface area contributed by atoms with Crippen molar-refractivity contribution in [3.05, 3.63) is 92.6 Å². The van der Waals surface area contributed by atoms with Gasteiger partial charge in [-0.25, -0.2) is 9.37 Å². The first-order chi connectivity index (χ1) is 19.1. The standard InChI is InChI=1S/C29H25Cl2FN4O4/c1-14(2)26-25(24-18-7-5-16(30)9-15(18)10-23(24)37)19(27(38)34-21-11-17(31)6-8-20(21)32)13-36(26)22-12-33-29(40-4)35-28(22)39-3/h5-9,11-14,24H,10H2,1-4H3,(H,34,38). The van der Waals surface area contributed by atoms with Crippen molar-refractivity contribution in [2.45, 2.75) is 32.1 Å². The summed E-state index contributed by atoms with van der Waals surface area (Å²) >= 11 is 12.3. The summed E-state index contributed by atoms with van der Waals surface area (Å²) in [6, 6.07) is 9.29. The maximum Gasteiger partial charge on any atom is 0.319 e. The van der Waals surface area contributed by atoms with Gasteiger partial charge in [0.25, 0.3) is 5.91 Å². The quantitative estimate of drug-likeness (QED) is 0.272. The Balaban J connectivity index is 1.76. The van der Waals surface area contributed by atoms with Gasteiger partial charge in [-0.15, -0.1) is 0 Å². The molecular formula is C29H25Cl2FN4O4. The van der Waals surface area contributed by atoms with Crippen LogP contribution in [0.3, 0.4) is 0 Å². The molecule has 8 nitrogen and oxygen atoms in total. The van der Waals surface area contributed by atoms with E-state index in [0.29, 0.717) is 22.0 Å². The number of Topliss-reactive ketones (excluding diaryl/α,β-unsaturated/α-hetero) is 1. The molecule has 40 heavy (non-hydrogen) atoms. The van der Waals surface area contributed by atoms with E-state index >= 15 is 0 Å². The van der Waals surface area contributed by atoms with Crippen molar-refractivity contribution >= 4 is 40.6 Å². The number of ketones is 1. The molecule has 1 aliphatic rings. The van der Waals surface area contributed by atoms with E-state index in [-0.39, 0.29) is 46.3 Å². The topological polar surface area (TPSA) is 95.3 Å². The summed E-state index contributed by atoms with van der Waals surface area (Å²) in [5.41, 5.74) is 3.25. The summed E-state index contributed by atoms with van der Waals surface area (Å²) in [5, 5.41) is 3.41. The number of hydrogen-bond acceptors (Lipinski definition) is 6. The Morgan fingerprint density at radius 1 is 1.12 bits per heavy atom. The second kappa shape index (κ2) is 10.9. The molecule has 2 aromatic heterocycles. The zero-order chi connectivity index (χ0) is 28.7. The average Bonchev–Trinajstić information content (AvgIpc) is 3.46. The van der Waals surface area contributed by atoms with Crippen LogP contribution in [0.5, 0.6) is 11.9 Å². The summed E-state index contributed by atoms with van der Waals surface area (Å²) in [5.74, 6) is -2.06. The fraction of sp³-hybridized carbons (Fsp3) is 0.241. The molecule has 0 spiro atoms. The van der Waals surface area contributed by atoms with Crippen molar-refractivity contribution in [2.75, 3.05) is 19.5 Å². The molecular weight excluding hydrogens is 558 g/mol. The zero-order valence-corrected chi connectivity index (χ0v) is 23.6. The minimum absolute atomic E-state index is 0.0853. The van der Waals surface area contributed by atoms with Crippen LogP contribution in [-0.2, 0) is 11.2 Å². The number of nitrogens with one attached hydrogen (secondary N) is 1. The normalized spacial score (nSPS) is 14.4. The van der Waals surface area contributed by atoms with Gasteiger partial charge >= 0.3 is 6.01 Å². The second-order valence-corrected chi connectivity index (χ2v) is 10.5. The van der Waals surface area contributed by atoms with Gasteiger partial charge in [0.2, 0.25) is 5.88 Å². The van der Waals surface area contributed by atoms with Gasteiger partial charge in [-0.2, -0.15) is 4.98 Å². The average molecular weight is 583 g/mol. The molecule has 1 aliphatic carbocycles. The first kappa shape index (κ1) is 27.6. The van der Waals surface area contributed by atoms with E-state index in [0.717, 1.165) is 11.1 Å². The van der Waals surface area contributed by atoms with Crippen LogP contribution in [0.15, 0.2) is 48.8 Å². The lowest BCUT2D eigenvalue weighted by molar-refractivity contribution is -0.118. The van der Waals surface area contributed by atoms with Crippen LogP contribution < -0.4 is 14.8 Å². The third kappa shape index (κ3) is 4.91. The number of hydrogen-bond donors (Lipinski definition) is 1. The van der Waals surface area contributed by atoms with E-state index in [9.17, 15) is 14.0 Å². The first-order valence-corrected chi connectivity index (χ1v) is 13.2. The minimum atomic E-state index is -0.749. The van der Waals surface area contributed by atoms with Crippen LogP contribution in [-0.4, -0.2) is 40.4 Å². The number of benzene rings is 2. The monoisotopic (exact) mass is 582 g/mol. The molecule has 4 aromatic rings. The van der Waals surface area contributed by atoms with Crippen molar-refractivity contribution in [3.8, 4) is 17.6 Å². The number of amides is 1. The Hall–Kier alpha value is -3.95. The minimum Gasteiger partial charge on any atom is -0.479 e. The number of anilines is 1. The lowest BCUT2D eigenvalue weighted by Gasteiger charge is -2.20. The van der Waals surface area contributed by atoms with Crippen LogP contribution in [0.25, 0.3) is 5.69 Å². The van der Waals surface area contributed by atoms with Gasteiger partial charge in [0.1, 0.15) is 17.3 Å². The van der Waals surface area contributed by atoms with Crippen LogP contribution in [0, 0.1) is 5.82 Å². The van der Waals surface area contributed by atoms with E-state index in [2.05, 4.69) is 15.3 Å². The number of aromatic nitrogens is 3. The molecule has 0 fully saturated rings. The molecule has 1 N–H and O–H groups in total. The van der Waals surface area contributed by atoms with Crippen molar-refractivity contribution < 1.29 is 23.5 Å². The molecule has 0 saturated carbocycles. The van der Waals surface area contributed by atoms with Gasteiger partial charge in [0.05, 0.1) is 37.6 Å². The number of rotatable bonds is 7. The van der Waals surface area contributed by atoms with Crippen LogP contribution in [0.2, 0.25) is 10.0 Å². The van der Waals surface area contributed by atoms with E-state index in [1.165, 1.54) is 38.6 Å². The second-order valence-electron chi connectivity index (χ2n) is 9.62. The van der Waals surface area contributed by atoms with Crippen molar-refractivity contribution in [3.63, 3.8) is 0 Å². The Bertz CT molecular complexity index is 1650.